The molecule has 1 aliphatic rings. The van der Waals surface area contributed by atoms with Crippen LogP contribution in [0.4, 0.5) is 4.39 Å². The predicted octanol–water partition coefficient (Wildman–Crippen LogP) is 5.13. The largest absolute Gasteiger partial charge is 0.306 e. The van der Waals surface area contributed by atoms with Crippen molar-refractivity contribution < 1.29 is 4.39 Å². The quantitative estimate of drug-likeness (QED) is 0.740. The Bertz CT molecular complexity index is 456. The molecule has 2 rings (SSSR count). The summed E-state index contributed by atoms with van der Waals surface area (Å²) < 4.78 is 14.5. The molecule has 0 aliphatic heterocycles. The Hall–Kier alpha value is -0.670. The highest BCUT2D eigenvalue weighted by Crippen LogP contribution is 2.34. The number of halogens is 2. The van der Waals surface area contributed by atoms with Gasteiger partial charge in [-0.2, -0.15) is 0 Å². The first-order valence-electron chi connectivity index (χ1n) is 7.09. The van der Waals surface area contributed by atoms with Crippen LogP contribution in [0.2, 0.25) is 0 Å². The second-order valence-electron chi connectivity index (χ2n) is 5.08. The standard InChI is InChI=1S/C16H21BrFN/c1-2-10-19-16(12-6-4-3-5-7-12)14-11-13(18)8-9-15(14)17/h6,8-9,11,16,19H,2-5,7,10H2,1H3. The Morgan fingerprint density at radius 2 is 2.21 bits per heavy atom. The topological polar surface area (TPSA) is 12.0 Å². The third kappa shape index (κ3) is 3.90. The number of allylic oxidation sites excluding steroid dienone is 1. The van der Waals surface area contributed by atoms with Crippen molar-refractivity contribution in [1.82, 2.24) is 5.32 Å². The van der Waals surface area contributed by atoms with Crippen molar-refractivity contribution in [3.05, 3.63) is 45.7 Å². The molecule has 0 spiro atoms. The van der Waals surface area contributed by atoms with Gasteiger partial charge in [-0.05, 0) is 62.4 Å². The normalized spacial score (nSPS) is 17.1. The van der Waals surface area contributed by atoms with Crippen molar-refractivity contribution in [3.63, 3.8) is 0 Å². The molecule has 0 saturated heterocycles. The van der Waals surface area contributed by atoms with Crippen LogP contribution >= 0.6 is 15.9 Å². The highest BCUT2D eigenvalue weighted by atomic mass is 79.9. The Balaban J connectivity index is 2.30. The maximum atomic E-state index is 13.5. The molecule has 1 aromatic rings. The molecule has 0 aromatic heterocycles. The Kier molecular flexibility index (Phi) is 5.59. The smallest absolute Gasteiger partial charge is 0.123 e. The van der Waals surface area contributed by atoms with Crippen LogP contribution in [0.5, 0.6) is 0 Å². The summed E-state index contributed by atoms with van der Waals surface area (Å²) in [5, 5.41) is 3.56. The molecular weight excluding hydrogens is 305 g/mol. The van der Waals surface area contributed by atoms with Crippen molar-refractivity contribution in [3.8, 4) is 0 Å². The van der Waals surface area contributed by atoms with Crippen LogP contribution in [0.1, 0.15) is 50.6 Å². The highest BCUT2D eigenvalue weighted by molar-refractivity contribution is 9.10. The van der Waals surface area contributed by atoms with Crippen molar-refractivity contribution in [1.29, 1.82) is 0 Å². The average Bonchev–Trinajstić information content (AvgIpc) is 2.44. The van der Waals surface area contributed by atoms with Crippen molar-refractivity contribution in [2.75, 3.05) is 6.54 Å². The molecule has 0 amide bonds. The van der Waals surface area contributed by atoms with Gasteiger partial charge in [-0.3, -0.25) is 0 Å². The van der Waals surface area contributed by atoms with E-state index in [1.54, 1.807) is 12.1 Å². The summed E-state index contributed by atoms with van der Waals surface area (Å²) in [6.07, 6.45) is 8.18. The van der Waals surface area contributed by atoms with Crippen LogP contribution < -0.4 is 5.32 Å². The lowest BCUT2D eigenvalue weighted by molar-refractivity contribution is 0.540. The van der Waals surface area contributed by atoms with E-state index in [1.807, 2.05) is 0 Å². The molecule has 1 atom stereocenters. The lowest BCUT2D eigenvalue weighted by Crippen LogP contribution is -2.25. The van der Waals surface area contributed by atoms with Gasteiger partial charge in [0.25, 0.3) is 0 Å². The Morgan fingerprint density at radius 1 is 1.37 bits per heavy atom. The molecule has 1 nitrogen and oxygen atoms in total. The second-order valence-corrected chi connectivity index (χ2v) is 5.93. The fraction of sp³-hybridized carbons (Fsp3) is 0.500. The molecule has 1 aliphatic carbocycles. The molecule has 1 N–H and O–H groups in total. The van der Waals surface area contributed by atoms with Crippen LogP contribution in [0, 0.1) is 5.82 Å². The summed E-state index contributed by atoms with van der Waals surface area (Å²) in [4.78, 5) is 0. The number of nitrogens with one attached hydrogen (secondary N) is 1. The minimum atomic E-state index is -0.169. The van der Waals surface area contributed by atoms with Crippen LogP contribution in [-0.4, -0.2) is 6.54 Å². The molecule has 0 fully saturated rings. The first kappa shape index (κ1) is 14.7. The fourth-order valence-electron chi connectivity index (χ4n) is 2.59. The summed E-state index contributed by atoms with van der Waals surface area (Å²) >= 11 is 3.56. The van der Waals surface area contributed by atoms with E-state index in [0.29, 0.717) is 0 Å². The van der Waals surface area contributed by atoms with Gasteiger partial charge in [-0.25, -0.2) is 4.39 Å². The molecule has 104 valence electrons. The zero-order valence-corrected chi connectivity index (χ0v) is 13.0. The molecule has 19 heavy (non-hydrogen) atoms. The van der Waals surface area contributed by atoms with E-state index in [2.05, 4.69) is 34.2 Å². The van der Waals surface area contributed by atoms with Crippen LogP contribution in [0.25, 0.3) is 0 Å². The third-order valence-corrected chi connectivity index (χ3v) is 4.29. The summed E-state index contributed by atoms with van der Waals surface area (Å²) in [5.41, 5.74) is 2.42. The number of benzene rings is 1. The molecule has 1 aromatic carbocycles. The van der Waals surface area contributed by atoms with Crippen LogP contribution in [0.15, 0.2) is 34.3 Å². The van der Waals surface area contributed by atoms with Crippen molar-refractivity contribution >= 4 is 15.9 Å². The summed E-state index contributed by atoms with van der Waals surface area (Å²) in [7, 11) is 0. The second kappa shape index (κ2) is 7.20. The van der Waals surface area contributed by atoms with Gasteiger partial charge >= 0.3 is 0 Å². The van der Waals surface area contributed by atoms with Gasteiger partial charge in [-0.15, -0.1) is 0 Å². The minimum absolute atomic E-state index is 0.144. The van der Waals surface area contributed by atoms with E-state index in [4.69, 9.17) is 0 Å². The molecule has 1 unspecified atom stereocenters. The van der Waals surface area contributed by atoms with E-state index in [0.717, 1.165) is 35.8 Å². The number of hydrogen-bond acceptors (Lipinski definition) is 1. The first-order chi connectivity index (χ1) is 9.22. The van der Waals surface area contributed by atoms with Gasteiger partial charge < -0.3 is 5.32 Å². The van der Waals surface area contributed by atoms with Gasteiger partial charge in [0.2, 0.25) is 0 Å². The number of hydrogen-bond donors (Lipinski definition) is 1. The zero-order valence-electron chi connectivity index (χ0n) is 11.4. The fourth-order valence-corrected chi connectivity index (χ4v) is 3.07. The minimum Gasteiger partial charge on any atom is -0.306 e. The Labute approximate surface area is 123 Å². The van der Waals surface area contributed by atoms with Gasteiger partial charge in [0.05, 0.1) is 6.04 Å². The van der Waals surface area contributed by atoms with E-state index >= 15 is 0 Å². The summed E-state index contributed by atoms with van der Waals surface area (Å²) in [6, 6.07) is 5.09. The molecule has 0 radical (unpaired) electrons. The third-order valence-electron chi connectivity index (χ3n) is 3.56. The van der Waals surface area contributed by atoms with E-state index < -0.39 is 0 Å². The maximum Gasteiger partial charge on any atom is 0.123 e. The van der Waals surface area contributed by atoms with Crippen LogP contribution in [-0.2, 0) is 0 Å². The van der Waals surface area contributed by atoms with Gasteiger partial charge in [0, 0.05) is 4.47 Å². The number of rotatable bonds is 5. The summed E-state index contributed by atoms with van der Waals surface area (Å²) in [5.74, 6) is -0.169. The van der Waals surface area contributed by atoms with Crippen LogP contribution in [0.3, 0.4) is 0 Å². The van der Waals surface area contributed by atoms with Gasteiger partial charge in [0.1, 0.15) is 5.82 Å². The SMILES string of the molecule is CCCNC(C1=CCCCC1)c1cc(F)ccc1Br. The zero-order chi connectivity index (χ0) is 13.7. The van der Waals surface area contributed by atoms with Crippen molar-refractivity contribution in [2.45, 2.75) is 45.1 Å². The maximum absolute atomic E-state index is 13.5. The summed E-state index contributed by atoms with van der Waals surface area (Å²) in [6.45, 7) is 3.10. The molecule has 3 heteroatoms. The first-order valence-corrected chi connectivity index (χ1v) is 7.89. The Morgan fingerprint density at radius 3 is 2.89 bits per heavy atom. The predicted molar refractivity (Wildman–Crippen MR) is 81.7 cm³/mol. The van der Waals surface area contributed by atoms with Gasteiger partial charge in [-0.1, -0.05) is 34.5 Å². The van der Waals surface area contributed by atoms with Gasteiger partial charge in [0.15, 0.2) is 0 Å². The average molecular weight is 326 g/mol. The van der Waals surface area contributed by atoms with E-state index in [1.165, 1.54) is 24.5 Å². The van der Waals surface area contributed by atoms with E-state index in [-0.39, 0.29) is 11.9 Å². The highest BCUT2D eigenvalue weighted by Gasteiger charge is 2.20. The molecule has 0 saturated carbocycles. The molecule has 0 heterocycles. The van der Waals surface area contributed by atoms with E-state index in [9.17, 15) is 4.39 Å². The lowest BCUT2D eigenvalue weighted by Gasteiger charge is -2.26. The molecular formula is C16H21BrFN. The van der Waals surface area contributed by atoms with Crippen molar-refractivity contribution in [2.24, 2.45) is 0 Å². The monoisotopic (exact) mass is 325 g/mol. The molecule has 0 bridgehead atoms. The lowest BCUT2D eigenvalue weighted by atomic mass is 9.89.